The van der Waals surface area contributed by atoms with E-state index in [9.17, 15) is 0 Å². The molecule has 10 rings (SSSR count). The molecule has 0 amide bonds. The second-order valence-corrected chi connectivity index (χ2v) is 15.1. The summed E-state index contributed by atoms with van der Waals surface area (Å²) < 4.78 is 6.57. The van der Waals surface area contributed by atoms with Crippen molar-refractivity contribution in [1.82, 2.24) is 0 Å². The highest BCUT2D eigenvalue weighted by molar-refractivity contribution is 6.13. The Labute approximate surface area is 321 Å². The molecular formula is C52H40N2O. The van der Waals surface area contributed by atoms with Gasteiger partial charge < -0.3 is 15.4 Å². The molecule has 0 atom stereocenters. The van der Waals surface area contributed by atoms with E-state index in [4.69, 9.17) is 10.5 Å². The molecule has 9 aromatic carbocycles. The number of nitrogens with zero attached hydrogens (tertiary/aromatic N) is 1. The van der Waals surface area contributed by atoms with Gasteiger partial charge in [0.1, 0.15) is 6.61 Å². The van der Waals surface area contributed by atoms with Gasteiger partial charge in [-0.25, -0.2) is 0 Å². The Morgan fingerprint density at radius 1 is 0.509 bits per heavy atom. The predicted molar refractivity (Wildman–Crippen MR) is 232 cm³/mol. The molecule has 55 heavy (non-hydrogen) atoms. The van der Waals surface area contributed by atoms with E-state index >= 15 is 0 Å². The molecule has 0 aromatic heterocycles. The minimum atomic E-state index is -0.171. The lowest BCUT2D eigenvalue weighted by Gasteiger charge is -2.28. The minimum absolute atomic E-state index is 0.171. The van der Waals surface area contributed by atoms with E-state index in [2.05, 4.69) is 176 Å². The first-order valence-corrected chi connectivity index (χ1v) is 19.0. The molecular weight excluding hydrogens is 669 g/mol. The quantitative estimate of drug-likeness (QED) is 0.132. The highest BCUT2D eigenvalue weighted by atomic mass is 16.5. The van der Waals surface area contributed by atoms with Gasteiger partial charge in [0.2, 0.25) is 0 Å². The van der Waals surface area contributed by atoms with Crippen LogP contribution in [-0.2, 0) is 12.0 Å². The molecule has 3 nitrogen and oxygen atoms in total. The summed E-state index contributed by atoms with van der Waals surface area (Å²) in [6, 6.07) is 65.3. The van der Waals surface area contributed by atoms with Gasteiger partial charge in [0.25, 0.3) is 0 Å². The van der Waals surface area contributed by atoms with Crippen molar-refractivity contribution >= 4 is 55.1 Å². The number of anilines is 4. The van der Waals surface area contributed by atoms with Gasteiger partial charge >= 0.3 is 0 Å². The summed E-state index contributed by atoms with van der Waals surface area (Å²) in [5.41, 5.74) is 19.2. The van der Waals surface area contributed by atoms with Crippen LogP contribution in [0.3, 0.4) is 0 Å². The van der Waals surface area contributed by atoms with Crippen LogP contribution in [0.2, 0.25) is 0 Å². The second-order valence-electron chi connectivity index (χ2n) is 15.1. The van der Waals surface area contributed by atoms with E-state index in [1.165, 1.54) is 44.2 Å². The Morgan fingerprint density at radius 3 is 1.93 bits per heavy atom. The van der Waals surface area contributed by atoms with Crippen molar-refractivity contribution in [1.29, 1.82) is 0 Å². The number of nitrogen functional groups attached to an aromatic ring is 1. The van der Waals surface area contributed by atoms with Gasteiger partial charge in [-0.1, -0.05) is 153 Å². The average Bonchev–Trinajstić information content (AvgIpc) is 3.47. The number of benzene rings is 9. The Kier molecular flexibility index (Phi) is 7.71. The molecule has 0 unspecified atom stereocenters. The highest BCUT2D eigenvalue weighted by Gasteiger charge is 2.37. The van der Waals surface area contributed by atoms with Crippen LogP contribution >= 0.6 is 0 Å². The van der Waals surface area contributed by atoms with E-state index in [0.717, 1.165) is 44.2 Å². The van der Waals surface area contributed by atoms with E-state index in [-0.39, 0.29) is 5.41 Å². The first-order chi connectivity index (χ1) is 26.9. The largest absolute Gasteiger partial charge is 0.486 e. The van der Waals surface area contributed by atoms with Crippen molar-refractivity contribution in [2.45, 2.75) is 25.9 Å². The number of nitrogens with two attached hydrogens (primary N) is 1. The molecule has 0 heterocycles. The standard InChI is InChI=1S/C52H40N2O/c1-52(2)46-29-22-37-15-9-10-16-43(37)50(46)44-28-27-42(32-47(44)52)54(40-24-19-36(20-25-40)35-13-7-4-8-14-35)41-26-21-38-17-18-39-23-30-48(53)51(49(39)45(38)31-41)55-33-34-11-5-3-6-12-34/h3-32H,33,53H2,1-2H3. The summed E-state index contributed by atoms with van der Waals surface area (Å²) in [5, 5.41) is 6.90. The Hall–Kier alpha value is -6.84. The fraction of sp³-hybridized carbons (Fsp3) is 0.0769. The van der Waals surface area contributed by atoms with Gasteiger partial charge in [0, 0.05) is 27.9 Å². The van der Waals surface area contributed by atoms with Gasteiger partial charge in [-0.05, 0) is 108 Å². The maximum atomic E-state index is 6.70. The van der Waals surface area contributed by atoms with Gasteiger partial charge in [-0.3, -0.25) is 0 Å². The van der Waals surface area contributed by atoms with Crippen LogP contribution in [0.4, 0.5) is 22.7 Å². The zero-order chi connectivity index (χ0) is 37.1. The number of ether oxygens (including phenoxy) is 1. The summed E-state index contributed by atoms with van der Waals surface area (Å²) in [7, 11) is 0. The van der Waals surface area contributed by atoms with E-state index in [0.29, 0.717) is 18.0 Å². The molecule has 0 bridgehead atoms. The molecule has 9 aromatic rings. The van der Waals surface area contributed by atoms with Crippen molar-refractivity contribution in [3.8, 4) is 28.0 Å². The van der Waals surface area contributed by atoms with E-state index < -0.39 is 0 Å². The summed E-state index contributed by atoms with van der Waals surface area (Å²) in [6.45, 7) is 5.15. The monoisotopic (exact) mass is 708 g/mol. The van der Waals surface area contributed by atoms with Crippen molar-refractivity contribution in [3.63, 3.8) is 0 Å². The molecule has 0 saturated heterocycles. The van der Waals surface area contributed by atoms with Crippen molar-refractivity contribution in [2.75, 3.05) is 10.6 Å². The van der Waals surface area contributed by atoms with Crippen molar-refractivity contribution < 1.29 is 4.74 Å². The van der Waals surface area contributed by atoms with E-state index in [1.807, 2.05) is 24.3 Å². The Balaban J connectivity index is 1.16. The summed E-state index contributed by atoms with van der Waals surface area (Å²) in [6.07, 6.45) is 0. The smallest absolute Gasteiger partial charge is 0.151 e. The predicted octanol–water partition coefficient (Wildman–Crippen LogP) is 13.8. The van der Waals surface area contributed by atoms with Crippen molar-refractivity contribution in [2.24, 2.45) is 0 Å². The third kappa shape index (κ3) is 5.51. The average molecular weight is 709 g/mol. The van der Waals surface area contributed by atoms with Gasteiger partial charge in [0.15, 0.2) is 5.75 Å². The maximum absolute atomic E-state index is 6.70. The number of fused-ring (bicyclic) bond motifs is 8. The second kappa shape index (κ2) is 12.9. The maximum Gasteiger partial charge on any atom is 0.151 e. The molecule has 0 radical (unpaired) electrons. The summed E-state index contributed by atoms with van der Waals surface area (Å²) >= 11 is 0. The van der Waals surface area contributed by atoms with Gasteiger partial charge in [-0.15, -0.1) is 0 Å². The SMILES string of the molecule is CC1(C)c2cc(N(c3ccc(-c4ccccc4)cc3)c3ccc4ccc5ccc(N)c(OCc6ccccc6)c5c4c3)ccc2-c2c1ccc1ccccc21. The van der Waals surface area contributed by atoms with Crippen LogP contribution in [0.5, 0.6) is 5.75 Å². The Bertz CT molecular complexity index is 2900. The van der Waals surface area contributed by atoms with Gasteiger partial charge in [-0.2, -0.15) is 0 Å². The molecule has 264 valence electrons. The Morgan fingerprint density at radius 2 is 1.11 bits per heavy atom. The molecule has 1 aliphatic carbocycles. The number of hydrogen-bond donors (Lipinski definition) is 1. The van der Waals surface area contributed by atoms with Gasteiger partial charge in [0.05, 0.1) is 5.69 Å². The third-order valence-electron chi connectivity index (χ3n) is 11.5. The normalized spacial score (nSPS) is 12.8. The summed E-state index contributed by atoms with van der Waals surface area (Å²) in [5.74, 6) is 0.715. The minimum Gasteiger partial charge on any atom is -0.486 e. The summed E-state index contributed by atoms with van der Waals surface area (Å²) in [4.78, 5) is 2.39. The molecule has 0 aliphatic heterocycles. The zero-order valence-electron chi connectivity index (χ0n) is 31.0. The molecule has 1 aliphatic rings. The van der Waals surface area contributed by atoms with Crippen molar-refractivity contribution in [3.05, 3.63) is 199 Å². The van der Waals surface area contributed by atoms with Crippen LogP contribution in [0, 0.1) is 0 Å². The van der Waals surface area contributed by atoms with Crippen LogP contribution < -0.4 is 15.4 Å². The topological polar surface area (TPSA) is 38.5 Å². The lowest BCUT2D eigenvalue weighted by molar-refractivity contribution is 0.312. The van der Waals surface area contributed by atoms with E-state index in [1.54, 1.807) is 0 Å². The van der Waals surface area contributed by atoms with Crippen LogP contribution in [0.1, 0.15) is 30.5 Å². The first-order valence-electron chi connectivity index (χ1n) is 19.0. The van der Waals surface area contributed by atoms with Crippen LogP contribution in [0.25, 0.3) is 54.6 Å². The lowest BCUT2D eigenvalue weighted by atomic mass is 9.82. The molecule has 0 fully saturated rings. The molecule has 0 spiro atoms. The number of rotatable bonds is 7. The molecule has 3 heteroatoms. The fourth-order valence-corrected chi connectivity index (χ4v) is 8.66. The van der Waals surface area contributed by atoms with Crippen LogP contribution in [-0.4, -0.2) is 0 Å². The first kappa shape index (κ1) is 32.8. The number of hydrogen-bond acceptors (Lipinski definition) is 3. The fourth-order valence-electron chi connectivity index (χ4n) is 8.66. The molecule has 0 saturated carbocycles. The lowest BCUT2D eigenvalue weighted by Crippen LogP contribution is -2.16. The molecule has 2 N–H and O–H groups in total. The zero-order valence-corrected chi connectivity index (χ0v) is 31.0. The third-order valence-corrected chi connectivity index (χ3v) is 11.5. The van der Waals surface area contributed by atoms with Crippen LogP contribution in [0.15, 0.2) is 182 Å². The highest BCUT2D eigenvalue weighted by Crippen LogP contribution is 2.53.